The predicted molar refractivity (Wildman–Crippen MR) is 58.0 cm³/mol. The van der Waals surface area contributed by atoms with Gasteiger partial charge in [-0.25, -0.2) is 8.78 Å². The quantitative estimate of drug-likeness (QED) is 0.723. The third-order valence-electron chi connectivity index (χ3n) is 1.80. The maximum Gasteiger partial charge on any atom is 0.254 e. The number of hydrogen-bond donors (Lipinski definition) is 2. The Morgan fingerprint density at radius 2 is 1.88 bits per heavy atom. The van der Waals surface area contributed by atoms with Gasteiger partial charge < -0.3 is 11.1 Å². The molecule has 0 bridgehead atoms. The average molecular weight is 228 g/mol. The highest BCUT2D eigenvalue weighted by molar-refractivity contribution is 5.95. The number of anilines is 1. The van der Waals surface area contributed by atoms with E-state index in [0.29, 0.717) is 0 Å². The number of halogens is 2. The molecule has 0 saturated carbocycles. The van der Waals surface area contributed by atoms with E-state index in [0.717, 1.165) is 12.1 Å². The summed E-state index contributed by atoms with van der Waals surface area (Å²) < 4.78 is 26.4. The first-order chi connectivity index (χ1) is 7.20. The minimum Gasteiger partial charge on any atom is -0.396 e. The van der Waals surface area contributed by atoms with E-state index in [4.69, 9.17) is 5.73 Å². The van der Waals surface area contributed by atoms with E-state index >= 15 is 0 Å². The smallest absolute Gasteiger partial charge is 0.254 e. The SMILES string of the molecule is CC(C)(C)NC(=O)c1cc(F)cc(N)c1F. The molecule has 1 rings (SSSR count). The minimum absolute atomic E-state index is 0.376. The number of rotatable bonds is 1. The summed E-state index contributed by atoms with van der Waals surface area (Å²) in [5.74, 6) is -2.32. The second-order valence-corrected chi connectivity index (χ2v) is 4.56. The molecule has 1 aromatic carbocycles. The molecule has 0 radical (unpaired) electrons. The molecule has 3 nitrogen and oxygen atoms in total. The van der Waals surface area contributed by atoms with Crippen LogP contribution in [0.5, 0.6) is 0 Å². The van der Waals surface area contributed by atoms with Gasteiger partial charge in [-0.15, -0.1) is 0 Å². The minimum atomic E-state index is -0.900. The van der Waals surface area contributed by atoms with Crippen LogP contribution < -0.4 is 11.1 Å². The van der Waals surface area contributed by atoms with Crippen molar-refractivity contribution < 1.29 is 13.6 Å². The second kappa shape index (κ2) is 4.08. The van der Waals surface area contributed by atoms with Gasteiger partial charge in [-0.3, -0.25) is 4.79 Å². The molecule has 0 aliphatic carbocycles. The molecule has 0 aromatic heterocycles. The van der Waals surface area contributed by atoms with Gasteiger partial charge >= 0.3 is 0 Å². The van der Waals surface area contributed by atoms with Gasteiger partial charge in [0.05, 0.1) is 11.3 Å². The number of nitrogens with one attached hydrogen (secondary N) is 1. The second-order valence-electron chi connectivity index (χ2n) is 4.56. The van der Waals surface area contributed by atoms with Crippen molar-refractivity contribution in [2.24, 2.45) is 0 Å². The molecule has 1 aromatic rings. The van der Waals surface area contributed by atoms with Crippen molar-refractivity contribution in [3.05, 3.63) is 29.3 Å². The lowest BCUT2D eigenvalue weighted by Gasteiger charge is -2.20. The van der Waals surface area contributed by atoms with Gasteiger partial charge in [-0.2, -0.15) is 0 Å². The van der Waals surface area contributed by atoms with Crippen molar-refractivity contribution in [3.8, 4) is 0 Å². The molecule has 0 atom stereocenters. The van der Waals surface area contributed by atoms with E-state index in [1.807, 2.05) is 0 Å². The molecule has 5 heteroatoms. The van der Waals surface area contributed by atoms with Gasteiger partial charge in [-0.1, -0.05) is 0 Å². The van der Waals surface area contributed by atoms with Crippen LogP contribution in [0.2, 0.25) is 0 Å². The number of carbonyl (C=O) groups excluding carboxylic acids is 1. The van der Waals surface area contributed by atoms with Gasteiger partial charge in [0.2, 0.25) is 0 Å². The number of carbonyl (C=O) groups is 1. The molecular weight excluding hydrogens is 214 g/mol. The summed E-state index contributed by atoms with van der Waals surface area (Å²) in [7, 11) is 0. The van der Waals surface area contributed by atoms with Crippen LogP contribution >= 0.6 is 0 Å². The van der Waals surface area contributed by atoms with E-state index < -0.39 is 23.1 Å². The Bertz CT molecular complexity index is 425. The Labute approximate surface area is 92.6 Å². The first kappa shape index (κ1) is 12.4. The van der Waals surface area contributed by atoms with E-state index in [9.17, 15) is 13.6 Å². The number of benzene rings is 1. The Morgan fingerprint density at radius 1 is 1.31 bits per heavy atom. The van der Waals surface area contributed by atoms with Crippen molar-refractivity contribution >= 4 is 11.6 Å². The van der Waals surface area contributed by atoms with Gasteiger partial charge in [0.1, 0.15) is 5.82 Å². The van der Waals surface area contributed by atoms with Crippen molar-refractivity contribution in [1.82, 2.24) is 5.32 Å². The Balaban J connectivity index is 3.09. The van der Waals surface area contributed by atoms with Gasteiger partial charge in [0.25, 0.3) is 5.91 Å². The highest BCUT2D eigenvalue weighted by Gasteiger charge is 2.20. The fourth-order valence-corrected chi connectivity index (χ4v) is 1.18. The van der Waals surface area contributed by atoms with Crippen LogP contribution in [0, 0.1) is 11.6 Å². The molecule has 0 aliphatic heterocycles. The van der Waals surface area contributed by atoms with Gasteiger partial charge in [-0.05, 0) is 32.9 Å². The maximum atomic E-state index is 13.5. The van der Waals surface area contributed by atoms with Gasteiger partial charge in [0.15, 0.2) is 5.82 Å². The van der Waals surface area contributed by atoms with E-state index in [2.05, 4.69) is 5.32 Å². The Hall–Kier alpha value is -1.65. The third-order valence-corrected chi connectivity index (χ3v) is 1.80. The molecule has 0 heterocycles. The monoisotopic (exact) mass is 228 g/mol. The van der Waals surface area contributed by atoms with Crippen LogP contribution in [0.4, 0.5) is 14.5 Å². The van der Waals surface area contributed by atoms with Crippen LogP contribution in [-0.2, 0) is 0 Å². The molecule has 1 amide bonds. The summed E-state index contributed by atoms with van der Waals surface area (Å²) in [6.45, 7) is 5.22. The Morgan fingerprint density at radius 3 is 2.38 bits per heavy atom. The lowest BCUT2D eigenvalue weighted by Crippen LogP contribution is -2.41. The van der Waals surface area contributed by atoms with Crippen molar-refractivity contribution in [2.45, 2.75) is 26.3 Å². The Kier molecular flexibility index (Phi) is 3.16. The van der Waals surface area contributed by atoms with E-state index in [1.165, 1.54) is 0 Å². The zero-order valence-electron chi connectivity index (χ0n) is 9.40. The standard InChI is InChI=1S/C11H14F2N2O/c1-11(2,3)15-10(16)7-4-6(12)5-8(14)9(7)13/h4-5H,14H2,1-3H3,(H,15,16). The lowest BCUT2D eigenvalue weighted by atomic mass is 10.1. The van der Waals surface area contributed by atoms with Crippen molar-refractivity contribution in [3.63, 3.8) is 0 Å². The summed E-state index contributed by atoms with van der Waals surface area (Å²) >= 11 is 0. The molecular formula is C11H14F2N2O. The summed E-state index contributed by atoms with van der Waals surface area (Å²) in [5.41, 5.74) is 3.95. The summed E-state index contributed by atoms with van der Waals surface area (Å²) in [5, 5.41) is 2.53. The lowest BCUT2D eigenvalue weighted by molar-refractivity contribution is 0.0915. The molecule has 16 heavy (non-hydrogen) atoms. The summed E-state index contributed by atoms with van der Waals surface area (Å²) in [6.07, 6.45) is 0. The van der Waals surface area contributed by atoms with E-state index in [-0.39, 0.29) is 11.3 Å². The zero-order valence-corrected chi connectivity index (χ0v) is 9.40. The number of amides is 1. The van der Waals surface area contributed by atoms with Gasteiger partial charge in [0, 0.05) is 5.54 Å². The fraction of sp³-hybridized carbons (Fsp3) is 0.364. The molecule has 0 aliphatic rings. The first-order valence-electron chi connectivity index (χ1n) is 4.78. The van der Waals surface area contributed by atoms with Crippen molar-refractivity contribution in [2.75, 3.05) is 5.73 Å². The van der Waals surface area contributed by atoms with Crippen LogP contribution in [0.3, 0.4) is 0 Å². The van der Waals surface area contributed by atoms with Crippen molar-refractivity contribution in [1.29, 1.82) is 0 Å². The van der Waals surface area contributed by atoms with Crippen LogP contribution in [0.15, 0.2) is 12.1 Å². The number of hydrogen-bond acceptors (Lipinski definition) is 2. The van der Waals surface area contributed by atoms with Crippen LogP contribution in [0.1, 0.15) is 31.1 Å². The zero-order chi connectivity index (χ0) is 12.5. The highest BCUT2D eigenvalue weighted by Crippen LogP contribution is 2.18. The fourth-order valence-electron chi connectivity index (χ4n) is 1.18. The normalized spacial score (nSPS) is 11.3. The molecule has 88 valence electrons. The summed E-state index contributed by atoms with van der Waals surface area (Å²) in [4.78, 5) is 11.6. The highest BCUT2D eigenvalue weighted by atomic mass is 19.1. The molecule has 0 fully saturated rings. The molecule has 0 saturated heterocycles. The van der Waals surface area contributed by atoms with Crippen LogP contribution in [-0.4, -0.2) is 11.4 Å². The first-order valence-corrected chi connectivity index (χ1v) is 4.78. The van der Waals surface area contributed by atoms with E-state index in [1.54, 1.807) is 20.8 Å². The third kappa shape index (κ3) is 2.92. The molecule has 0 spiro atoms. The topological polar surface area (TPSA) is 55.1 Å². The molecule has 0 unspecified atom stereocenters. The number of nitrogens with two attached hydrogens (primary N) is 1. The number of nitrogen functional groups attached to an aromatic ring is 1. The molecule has 3 N–H and O–H groups in total. The average Bonchev–Trinajstić information content (AvgIpc) is 2.08. The maximum absolute atomic E-state index is 13.5. The predicted octanol–water partition coefficient (Wildman–Crippen LogP) is 2.08. The summed E-state index contributed by atoms with van der Waals surface area (Å²) in [6, 6.07) is 1.66. The largest absolute Gasteiger partial charge is 0.396 e. The van der Waals surface area contributed by atoms with Crippen LogP contribution in [0.25, 0.3) is 0 Å².